The third-order valence-electron chi connectivity index (χ3n) is 3.03. The number of carbonyl (C=O) groups excluding carboxylic acids is 1. The summed E-state index contributed by atoms with van der Waals surface area (Å²) in [4.78, 5) is 11.3. The van der Waals surface area contributed by atoms with Crippen LogP contribution in [0, 0.1) is 5.82 Å². The van der Waals surface area contributed by atoms with Crippen molar-refractivity contribution in [3.05, 3.63) is 29.8 Å². The lowest BCUT2D eigenvalue weighted by Crippen LogP contribution is -2.14. The van der Waals surface area contributed by atoms with Gasteiger partial charge < -0.3 is 5.32 Å². The molecule has 1 aliphatic rings. The maximum Gasteiger partial charge on any atom is 0.239 e. The summed E-state index contributed by atoms with van der Waals surface area (Å²) >= 11 is 5.40. The van der Waals surface area contributed by atoms with Gasteiger partial charge in [0.05, 0.1) is 11.4 Å². The van der Waals surface area contributed by atoms with E-state index >= 15 is 0 Å². The molecule has 1 N–H and O–H groups in total. The summed E-state index contributed by atoms with van der Waals surface area (Å²) in [6, 6.07) is 4.31. The van der Waals surface area contributed by atoms with E-state index in [2.05, 4.69) is 20.8 Å². The molecule has 1 aromatic carbocycles. The number of benzene rings is 1. The number of tetrazole rings is 1. The molecule has 1 heterocycles. The van der Waals surface area contributed by atoms with Crippen LogP contribution < -0.4 is 5.32 Å². The topological polar surface area (TPSA) is 72.7 Å². The van der Waals surface area contributed by atoms with Crippen molar-refractivity contribution in [3.63, 3.8) is 0 Å². The van der Waals surface area contributed by atoms with Crippen LogP contribution in [0.4, 0.5) is 10.1 Å². The van der Waals surface area contributed by atoms with E-state index in [0.29, 0.717) is 11.6 Å². The maximum atomic E-state index is 13.7. The van der Waals surface area contributed by atoms with Crippen molar-refractivity contribution in [1.29, 1.82) is 0 Å². The highest BCUT2D eigenvalue weighted by molar-refractivity contribution is 6.29. The molecule has 1 aromatic heterocycles. The van der Waals surface area contributed by atoms with Crippen LogP contribution in [0.5, 0.6) is 0 Å². The number of aromatic nitrogens is 4. The number of nitrogens with zero attached hydrogens (tertiary/aromatic N) is 4. The largest absolute Gasteiger partial charge is 0.322 e. The third kappa shape index (κ3) is 2.49. The highest BCUT2D eigenvalue weighted by Gasteiger charge is 2.30. The Morgan fingerprint density at radius 3 is 3.00 bits per heavy atom. The van der Waals surface area contributed by atoms with Gasteiger partial charge >= 0.3 is 0 Å². The molecule has 1 amide bonds. The zero-order valence-electron chi connectivity index (χ0n) is 10.4. The smallest absolute Gasteiger partial charge is 0.239 e. The molecule has 0 bridgehead atoms. The van der Waals surface area contributed by atoms with Crippen molar-refractivity contribution in [2.45, 2.75) is 18.8 Å². The molecule has 2 aromatic rings. The van der Waals surface area contributed by atoms with Crippen molar-refractivity contribution in [2.24, 2.45) is 0 Å². The second-order valence-corrected chi connectivity index (χ2v) is 4.84. The van der Waals surface area contributed by atoms with E-state index in [9.17, 15) is 9.18 Å². The summed E-state index contributed by atoms with van der Waals surface area (Å²) in [6.07, 6.45) is 2.11. The number of nitrogens with one attached hydrogen (secondary N) is 1. The Kier molecular flexibility index (Phi) is 3.35. The first-order valence-corrected chi connectivity index (χ1v) is 6.66. The first-order valence-electron chi connectivity index (χ1n) is 6.13. The van der Waals surface area contributed by atoms with Gasteiger partial charge in [-0.25, -0.2) is 4.39 Å². The molecule has 3 rings (SSSR count). The van der Waals surface area contributed by atoms with E-state index < -0.39 is 11.7 Å². The summed E-state index contributed by atoms with van der Waals surface area (Å²) < 4.78 is 15.2. The van der Waals surface area contributed by atoms with Gasteiger partial charge in [-0.05, 0) is 41.5 Å². The fraction of sp³-hybridized carbons (Fsp3) is 0.333. The second kappa shape index (κ2) is 5.16. The van der Waals surface area contributed by atoms with Gasteiger partial charge in [0.2, 0.25) is 5.91 Å². The number of rotatable bonds is 4. The van der Waals surface area contributed by atoms with E-state index in [0.717, 1.165) is 18.7 Å². The second-order valence-electron chi connectivity index (χ2n) is 4.57. The van der Waals surface area contributed by atoms with Crippen molar-refractivity contribution >= 4 is 23.2 Å². The van der Waals surface area contributed by atoms with Crippen molar-refractivity contribution in [3.8, 4) is 5.69 Å². The summed E-state index contributed by atoms with van der Waals surface area (Å²) in [5.74, 6) is -0.126. The minimum atomic E-state index is -0.534. The lowest BCUT2D eigenvalue weighted by Gasteiger charge is -2.08. The van der Waals surface area contributed by atoms with Gasteiger partial charge in [-0.2, -0.15) is 4.68 Å². The number of halogens is 2. The van der Waals surface area contributed by atoms with Crippen LogP contribution in [0.15, 0.2) is 18.2 Å². The van der Waals surface area contributed by atoms with Crippen molar-refractivity contribution in [2.75, 3.05) is 11.2 Å². The number of carbonyl (C=O) groups is 1. The molecule has 104 valence electrons. The summed E-state index contributed by atoms with van der Waals surface area (Å²) in [5.41, 5.74) is 0.661. The molecule has 0 radical (unpaired) electrons. The lowest BCUT2D eigenvalue weighted by molar-refractivity contribution is -0.113. The number of anilines is 1. The molecule has 1 saturated carbocycles. The number of amides is 1. The van der Waals surface area contributed by atoms with E-state index in [-0.39, 0.29) is 11.6 Å². The normalized spacial score (nSPS) is 14.3. The molecule has 0 atom stereocenters. The molecule has 0 saturated heterocycles. The van der Waals surface area contributed by atoms with E-state index in [1.807, 2.05) is 0 Å². The van der Waals surface area contributed by atoms with Gasteiger partial charge in [0.25, 0.3) is 0 Å². The van der Waals surface area contributed by atoms with Crippen molar-refractivity contribution < 1.29 is 9.18 Å². The summed E-state index contributed by atoms with van der Waals surface area (Å²) in [6.45, 7) is 0. The minimum absolute atomic E-state index is 0.0606. The molecule has 6 nitrogen and oxygen atoms in total. The Bertz CT molecular complexity index is 655. The molecule has 1 fully saturated rings. The molecule has 1 aliphatic carbocycles. The maximum absolute atomic E-state index is 13.7. The van der Waals surface area contributed by atoms with Crippen LogP contribution in [0.2, 0.25) is 0 Å². The molecule has 0 aliphatic heterocycles. The number of hydrogen-bond acceptors (Lipinski definition) is 4. The van der Waals surface area contributed by atoms with E-state index in [4.69, 9.17) is 11.6 Å². The number of hydrogen-bond donors (Lipinski definition) is 1. The standard InChI is InChI=1S/C12H11ClFN5O/c13-6-11(20)15-10-5-8(3-4-9(10)14)19-12(7-1-2-7)16-17-18-19/h3-5,7H,1-2,6H2,(H,15,20). The third-order valence-corrected chi connectivity index (χ3v) is 3.27. The summed E-state index contributed by atoms with van der Waals surface area (Å²) in [7, 11) is 0. The molecule has 0 spiro atoms. The first-order chi connectivity index (χ1) is 9.69. The van der Waals surface area contributed by atoms with Crippen LogP contribution >= 0.6 is 11.6 Å². The summed E-state index contributed by atoms with van der Waals surface area (Å²) in [5, 5.41) is 13.9. The quantitative estimate of drug-likeness (QED) is 0.874. The average molecular weight is 296 g/mol. The van der Waals surface area contributed by atoms with Gasteiger partial charge in [-0.1, -0.05) is 0 Å². The van der Waals surface area contributed by atoms with Crippen LogP contribution in [-0.2, 0) is 4.79 Å². The van der Waals surface area contributed by atoms with Crippen molar-refractivity contribution in [1.82, 2.24) is 20.2 Å². The zero-order valence-corrected chi connectivity index (χ0v) is 11.1. The molecule has 20 heavy (non-hydrogen) atoms. The molecule has 8 heteroatoms. The highest BCUT2D eigenvalue weighted by Crippen LogP contribution is 2.39. The average Bonchev–Trinajstić information content (AvgIpc) is 3.18. The SMILES string of the molecule is O=C(CCl)Nc1cc(-n2nnnc2C2CC2)ccc1F. The Hall–Kier alpha value is -2.02. The van der Waals surface area contributed by atoms with Crippen LogP contribution in [0.1, 0.15) is 24.6 Å². The van der Waals surface area contributed by atoms with Gasteiger partial charge in [0, 0.05) is 5.92 Å². The molecule has 0 unspecified atom stereocenters. The monoisotopic (exact) mass is 295 g/mol. The predicted octanol–water partition coefficient (Wildman–Crippen LogP) is 1.86. The van der Waals surface area contributed by atoms with Gasteiger partial charge in [-0.3, -0.25) is 4.79 Å². The van der Waals surface area contributed by atoms with E-state index in [1.165, 1.54) is 12.1 Å². The van der Waals surface area contributed by atoms with Crippen LogP contribution in [0.3, 0.4) is 0 Å². The highest BCUT2D eigenvalue weighted by atomic mass is 35.5. The van der Waals surface area contributed by atoms with Gasteiger partial charge in [-0.15, -0.1) is 16.7 Å². The van der Waals surface area contributed by atoms with Gasteiger partial charge in [0.15, 0.2) is 5.82 Å². The fourth-order valence-corrected chi connectivity index (χ4v) is 1.97. The van der Waals surface area contributed by atoms with Crippen LogP contribution in [-0.4, -0.2) is 32.0 Å². The Balaban J connectivity index is 1.95. The Morgan fingerprint density at radius 1 is 1.50 bits per heavy atom. The Morgan fingerprint density at radius 2 is 2.30 bits per heavy atom. The predicted molar refractivity (Wildman–Crippen MR) is 70.4 cm³/mol. The van der Waals surface area contributed by atoms with Crippen LogP contribution in [0.25, 0.3) is 5.69 Å². The lowest BCUT2D eigenvalue weighted by atomic mass is 10.2. The zero-order chi connectivity index (χ0) is 14.1. The fourth-order valence-electron chi connectivity index (χ4n) is 1.90. The number of alkyl halides is 1. The molecular weight excluding hydrogens is 285 g/mol. The molecular formula is C12H11ClFN5O. The minimum Gasteiger partial charge on any atom is -0.322 e. The van der Waals surface area contributed by atoms with Gasteiger partial charge in [0.1, 0.15) is 11.7 Å². The first kappa shape index (κ1) is 13.0. The Labute approximate surface area is 118 Å². The van der Waals surface area contributed by atoms with E-state index in [1.54, 1.807) is 10.7 Å².